The summed E-state index contributed by atoms with van der Waals surface area (Å²) in [6.07, 6.45) is 3.46. The van der Waals surface area contributed by atoms with E-state index in [4.69, 9.17) is 4.74 Å². The Kier molecular flexibility index (Phi) is 4.15. The Morgan fingerprint density at radius 1 is 1.50 bits per heavy atom. The SMILES string of the molecule is CCOC(=O)/C=C/[C@H]1CN1[C@H](C)c1ccccc1. The van der Waals surface area contributed by atoms with E-state index in [2.05, 4.69) is 36.1 Å². The average molecular weight is 245 g/mol. The lowest BCUT2D eigenvalue weighted by Gasteiger charge is -2.13. The van der Waals surface area contributed by atoms with Crippen LogP contribution in [-0.2, 0) is 9.53 Å². The van der Waals surface area contributed by atoms with Crippen LogP contribution in [0.15, 0.2) is 42.5 Å². The maximum Gasteiger partial charge on any atom is 0.330 e. The van der Waals surface area contributed by atoms with Crippen LogP contribution in [0.5, 0.6) is 0 Å². The van der Waals surface area contributed by atoms with Crippen molar-refractivity contribution in [1.29, 1.82) is 0 Å². The molecule has 1 heterocycles. The predicted octanol–water partition coefficient (Wildman–Crippen LogP) is 2.55. The highest BCUT2D eigenvalue weighted by atomic mass is 16.5. The van der Waals surface area contributed by atoms with Gasteiger partial charge < -0.3 is 4.74 Å². The van der Waals surface area contributed by atoms with Crippen molar-refractivity contribution in [2.75, 3.05) is 13.2 Å². The monoisotopic (exact) mass is 245 g/mol. The Bertz CT molecular complexity index is 427. The lowest BCUT2D eigenvalue weighted by molar-refractivity contribution is -0.137. The molecule has 1 aliphatic rings. The minimum Gasteiger partial charge on any atom is -0.463 e. The van der Waals surface area contributed by atoms with Gasteiger partial charge in [0.2, 0.25) is 0 Å². The molecule has 0 N–H and O–H groups in total. The average Bonchev–Trinajstić information content (AvgIpc) is 3.16. The minimum atomic E-state index is -0.253. The summed E-state index contributed by atoms with van der Waals surface area (Å²) >= 11 is 0. The van der Waals surface area contributed by atoms with Gasteiger partial charge in [-0.05, 0) is 19.4 Å². The van der Waals surface area contributed by atoms with Gasteiger partial charge in [-0.3, -0.25) is 4.90 Å². The van der Waals surface area contributed by atoms with E-state index in [1.807, 2.05) is 19.1 Å². The number of nitrogens with zero attached hydrogens (tertiary/aromatic N) is 1. The van der Waals surface area contributed by atoms with Crippen LogP contribution in [0, 0.1) is 0 Å². The summed E-state index contributed by atoms with van der Waals surface area (Å²) in [7, 11) is 0. The van der Waals surface area contributed by atoms with Gasteiger partial charge in [-0.1, -0.05) is 36.4 Å². The molecular formula is C15H19NO2. The smallest absolute Gasteiger partial charge is 0.330 e. The highest BCUT2D eigenvalue weighted by Gasteiger charge is 2.36. The molecule has 0 bridgehead atoms. The maximum atomic E-state index is 11.2. The van der Waals surface area contributed by atoms with Crippen molar-refractivity contribution in [3.8, 4) is 0 Å². The standard InChI is InChI=1S/C15H19NO2/c1-3-18-15(17)10-9-14-11-16(14)12(2)13-7-5-4-6-8-13/h4-10,12,14H,3,11H2,1-2H3/b10-9+/t12-,14+,16?/m1/s1. The number of carbonyl (C=O) groups excluding carboxylic acids is 1. The molecule has 0 aromatic heterocycles. The first-order chi connectivity index (χ1) is 8.72. The van der Waals surface area contributed by atoms with Crippen LogP contribution in [0.25, 0.3) is 0 Å². The molecule has 1 aromatic carbocycles. The van der Waals surface area contributed by atoms with Gasteiger partial charge in [0.25, 0.3) is 0 Å². The summed E-state index contributed by atoms with van der Waals surface area (Å²) in [5.74, 6) is -0.253. The molecule has 2 rings (SSSR count). The van der Waals surface area contributed by atoms with Gasteiger partial charge in [-0.25, -0.2) is 4.79 Å². The molecule has 1 fully saturated rings. The summed E-state index contributed by atoms with van der Waals surface area (Å²) in [5, 5.41) is 0. The molecule has 1 unspecified atom stereocenters. The number of esters is 1. The van der Waals surface area contributed by atoms with Gasteiger partial charge in [0, 0.05) is 24.7 Å². The van der Waals surface area contributed by atoms with Gasteiger partial charge in [0.05, 0.1) is 6.61 Å². The van der Waals surface area contributed by atoms with Crippen molar-refractivity contribution < 1.29 is 9.53 Å². The van der Waals surface area contributed by atoms with Crippen molar-refractivity contribution in [2.45, 2.75) is 25.9 Å². The molecule has 18 heavy (non-hydrogen) atoms. The van der Waals surface area contributed by atoms with Crippen LogP contribution in [0.2, 0.25) is 0 Å². The third-order valence-corrected chi connectivity index (χ3v) is 3.21. The summed E-state index contributed by atoms with van der Waals surface area (Å²) in [4.78, 5) is 13.5. The maximum absolute atomic E-state index is 11.2. The molecule has 0 saturated carbocycles. The second-order valence-electron chi connectivity index (χ2n) is 4.46. The summed E-state index contributed by atoms with van der Waals surface area (Å²) < 4.78 is 4.86. The first kappa shape index (κ1) is 12.8. The van der Waals surface area contributed by atoms with Crippen LogP contribution in [0.4, 0.5) is 0 Å². The third kappa shape index (κ3) is 3.20. The van der Waals surface area contributed by atoms with Gasteiger partial charge in [-0.15, -0.1) is 0 Å². The number of hydrogen-bond donors (Lipinski definition) is 0. The third-order valence-electron chi connectivity index (χ3n) is 3.21. The lowest BCUT2D eigenvalue weighted by Crippen LogP contribution is -2.08. The molecule has 1 aromatic rings. The first-order valence-electron chi connectivity index (χ1n) is 6.38. The highest BCUT2D eigenvalue weighted by molar-refractivity contribution is 5.82. The quantitative estimate of drug-likeness (QED) is 0.453. The minimum absolute atomic E-state index is 0.253. The van der Waals surface area contributed by atoms with Gasteiger partial charge in [-0.2, -0.15) is 0 Å². The number of rotatable bonds is 5. The fourth-order valence-electron chi connectivity index (χ4n) is 2.09. The number of hydrogen-bond acceptors (Lipinski definition) is 3. The van der Waals surface area contributed by atoms with Crippen LogP contribution in [0.1, 0.15) is 25.5 Å². The van der Waals surface area contributed by atoms with Gasteiger partial charge >= 0.3 is 5.97 Å². The molecule has 0 spiro atoms. The Balaban J connectivity index is 1.86. The predicted molar refractivity (Wildman–Crippen MR) is 71.1 cm³/mol. The van der Waals surface area contributed by atoms with E-state index in [1.54, 1.807) is 0 Å². The van der Waals surface area contributed by atoms with Crippen molar-refractivity contribution in [3.63, 3.8) is 0 Å². The number of carbonyl (C=O) groups is 1. The fraction of sp³-hybridized carbons (Fsp3) is 0.400. The fourth-order valence-corrected chi connectivity index (χ4v) is 2.09. The summed E-state index contributed by atoms with van der Waals surface area (Å²) in [6, 6.07) is 11.2. The second kappa shape index (κ2) is 5.83. The second-order valence-corrected chi connectivity index (χ2v) is 4.46. The van der Waals surface area contributed by atoms with Gasteiger partial charge in [0.1, 0.15) is 0 Å². The van der Waals surface area contributed by atoms with Crippen molar-refractivity contribution in [3.05, 3.63) is 48.0 Å². The molecule has 3 atom stereocenters. The molecule has 0 radical (unpaired) electrons. The zero-order valence-electron chi connectivity index (χ0n) is 10.9. The van der Waals surface area contributed by atoms with Crippen LogP contribution >= 0.6 is 0 Å². The van der Waals surface area contributed by atoms with E-state index in [1.165, 1.54) is 11.6 Å². The van der Waals surface area contributed by atoms with Gasteiger partial charge in [0.15, 0.2) is 0 Å². The Morgan fingerprint density at radius 2 is 2.22 bits per heavy atom. The van der Waals surface area contributed by atoms with E-state index in [-0.39, 0.29) is 5.97 Å². The number of ether oxygens (including phenoxy) is 1. The molecule has 1 aliphatic heterocycles. The Labute approximate surface area is 108 Å². The van der Waals surface area contributed by atoms with Crippen molar-refractivity contribution in [2.24, 2.45) is 0 Å². The zero-order valence-corrected chi connectivity index (χ0v) is 10.9. The van der Waals surface area contributed by atoms with E-state index in [9.17, 15) is 4.79 Å². The van der Waals surface area contributed by atoms with E-state index >= 15 is 0 Å². The molecular weight excluding hydrogens is 226 g/mol. The molecule has 96 valence electrons. The summed E-state index contributed by atoms with van der Waals surface area (Å²) in [5.41, 5.74) is 1.31. The van der Waals surface area contributed by atoms with Crippen LogP contribution < -0.4 is 0 Å². The normalized spacial score (nSPS) is 23.9. The topological polar surface area (TPSA) is 29.3 Å². The molecule has 0 aliphatic carbocycles. The summed E-state index contributed by atoms with van der Waals surface area (Å²) in [6.45, 7) is 5.43. The van der Waals surface area contributed by atoms with Crippen LogP contribution in [-0.4, -0.2) is 30.1 Å². The first-order valence-corrected chi connectivity index (χ1v) is 6.38. The highest BCUT2D eigenvalue weighted by Crippen LogP contribution is 2.32. The molecule has 0 amide bonds. The Hall–Kier alpha value is -1.61. The van der Waals surface area contributed by atoms with Crippen molar-refractivity contribution in [1.82, 2.24) is 4.90 Å². The largest absolute Gasteiger partial charge is 0.463 e. The zero-order chi connectivity index (χ0) is 13.0. The van der Waals surface area contributed by atoms with E-state index < -0.39 is 0 Å². The lowest BCUT2D eigenvalue weighted by atomic mass is 10.1. The molecule has 3 nitrogen and oxygen atoms in total. The van der Waals surface area contributed by atoms with Crippen molar-refractivity contribution >= 4 is 5.97 Å². The van der Waals surface area contributed by atoms with E-state index in [0.29, 0.717) is 18.7 Å². The van der Waals surface area contributed by atoms with Crippen LogP contribution in [0.3, 0.4) is 0 Å². The Morgan fingerprint density at radius 3 is 2.89 bits per heavy atom. The molecule has 3 heteroatoms. The molecule has 1 saturated heterocycles. The van der Waals surface area contributed by atoms with E-state index in [0.717, 1.165) is 6.54 Å². The number of benzene rings is 1.